The number of nitrogens with zero attached hydrogens (tertiary/aromatic N) is 7. The molecule has 0 aliphatic heterocycles. The van der Waals surface area contributed by atoms with E-state index in [1.807, 2.05) is 116 Å². The summed E-state index contributed by atoms with van der Waals surface area (Å²) >= 11 is 21.6. The number of hydrogen-bond donors (Lipinski definition) is 0. The van der Waals surface area contributed by atoms with Crippen molar-refractivity contribution < 1.29 is 0 Å². The molecule has 4 rings (SSSR count). The molecule has 0 amide bonds. The zero-order valence-electron chi connectivity index (χ0n) is 24.5. The van der Waals surface area contributed by atoms with E-state index < -0.39 is 0 Å². The van der Waals surface area contributed by atoms with Crippen LogP contribution in [0.3, 0.4) is 0 Å². The summed E-state index contributed by atoms with van der Waals surface area (Å²) in [6.45, 7) is 18.1. The van der Waals surface area contributed by atoms with Gasteiger partial charge in [-0.15, -0.1) is 0 Å². The Morgan fingerprint density at radius 2 is 0.897 bits per heavy atom. The normalized spacial score (nSPS) is 8.26. The van der Waals surface area contributed by atoms with E-state index >= 15 is 0 Å². The molecule has 0 radical (unpaired) electrons. The van der Waals surface area contributed by atoms with Crippen molar-refractivity contribution in [3.63, 3.8) is 0 Å². The van der Waals surface area contributed by atoms with Gasteiger partial charge in [0.05, 0.1) is 0 Å². The molecule has 0 spiro atoms. The molecule has 2 aromatic heterocycles. The molecular formula is C28H41Cl4N7. The average molecular weight is 617 g/mol. The number of hydrogen-bond acceptors (Lipinski definition) is 7. The summed E-state index contributed by atoms with van der Waals surface area (Å²) in [7, 11) is 1.88. The molecule has 0 aliphatic rings. The monoisotopic (exact) mass is 615 g/mol. The van der Waals surface area contributed by atoms with Gasteiger partial charge in [-0.3, -0.25) is 0 Å². The summed E-state index contributed by atoms with van der Waals surface area (Å²) < 4.78 is 0. The highest BCUT2D eigenvalue weighted by atomic mass is 35.5. The molecule has 2 heterocycles. The van der Waals surface area contributed by atoms with Crippen molar-refractivity contribution >= 4 is 58.0 Å². The molecule has 0 saturated heterocycles. The van der Waals surface area contributed by atoms with Crippen LogP contribution in [0.4, 0.5) is 11.6 Å². The second kappa shape index (κ2) is 28.4. The number of benzene rings is 2. The molecule has 0 atom stereocenters. The van der Waals surface area contributed by atoms with E-state index in [0.717, 1.165) is 5.69 Å². The fourth-order valence-corrected chi connectivity index (χ4v) is 2.76. The predicted octanol–water partition coefficient (Wildman–Crippen LogP) is 10.2. The topological polar surface area (TPSA) is 80.6 Å². The highest BCUT2D eigenvalue weighted by Crippen LogP contribution is 2.19. The summed E-state index contributed by atoms with van der Waals surface area (Å²) in [5.74, 6) is 0.529. The van der Waals surface area contributed by atoms with Crippen LogP contribution in [0.15, 0.2) is 67.0 Å². The van der Waals surface area contributed by atoms with Crippen LogP contribution in [0.1, 0.15) is 61.0 Å². The molecule has 0 unspecified atom stereocenters. The maximum Gasteiger partial charge on any atom is 0.233 e. The van der Waals surface area contributed by atoms with Crippen LogP contribution in [0.2, 0.25) is 21.1 Å². The van der Waals surface area contributed by atoms with Crippen LogP contribution in [-0.4, -0.2) is 37.0 Å². The van der Waals surface area contributed by atoms with Gasteiger partial charge in [0.1, 0.15) is 6.33 Å². The number of aryl methyl sites for hydroxylation is 1. The highest BCUT2D eigenvalue weighted by Gasteiger charge is 2.06. The molecule has 0 saturated carbocycles. The minimum absolute atomic E-state index is 0.000000000000000444. The summed E-state index contributed by atoms with van der Waals surface area (Å²) in [5, 5.41) is 0.197. The van der Waals surface area contributed by atoms with Crippen molar-refractivity contribution in [2.45, 2.75) is 62.3 Å². The Hall–Kier alpha value is -2.58. The summed E-state index contributed by atoms with van der Waals surface area (Å²) in [6.07, 6.45) is 1.39. The predicted molar refractivity (Wildman–Crippen MR) is 171 cm³/mol. The smallest absolute Gasteiger partial charge is 0.233 e. The number of aromatic nitrogens is 6. The SMILES string of the molecule is CC.CC.CC.CC.CN(c1ccccc1)c1ncnc(Cl)n1.Cc1ccccc1.Clc1nc(Cl)nc(Cl)n1. The van der Waals surface area contributed by atoms with E-state index in [1.165, 1.54) is 11.9 Å². The first-order valence-electron chi connectivity index (χ1n) is 12.7. The van der Waals surface area contributed by atoms with Crippen molar-refractivity contribution in [1.82, 2.24) is 29.9 Å². The van der Waals surface area contributed by atoms with Crippen molar-refractivity contribution in [2.75, 3.05) is 11.9 Å². The molecule has 0 N–H and O–H groups in total. The Morgan fingerprint density at radius 3 is 1.23 bits per heavy atom. The van der Waals surface area contributed by atoms with Gasteiger partial charge in [-0.1, -0.05) is 109 Å². The lowest BCUT2D eigenvalue weighted by molar-refractivity contribution is 0.985. The average Bonchev–Trinajstić information content (AvgIpc) is 2.98. The lowest BCUT2D eigenvalue weighted by Crippen LogP contribution is -2.13. The fraction of sp³-hybridized carbons (Fsp3) is 0.357. The van der Waals surface area contributed by atoms with Gasteiger partial charge >= 0.3 is 0 Å². The Labute approximate surface area is 255 Å². The second-order valence-corrected chi connectivity index (χ2v) is 7.10. The van der Waals surface area contributed by atoms with E-state index in [4.69, 9.17) is 46.4 Å². The Morgan fingerprint density at radius 1 is 0.513 bits per heavy atom. The summed E-state index contributed by atoms with van der Waals surface area (Å²) in [6, 6.07) is 20.1. The molecule has 7 nitrogen and oxygen atoms in total. The van der Waals surface area contributed by atoms with Crippen molar-refractivity contribution in [2.24, 2.45) is 0 Å². The molecule has 0 aliphatic carbocycles. The standard InChI is InChI=1S/C10H9ClN4.C7H8.C3Cl3N3.4C2H6/c1-15(8-5-3-2-4-6-8)10-13-7-12-9(11)14-10;1-7-5-3-2-4-6-7;4-1-7-2(5)9-3(6)8-1;4*1-2/h2-7H,1H3;2-6H,1H3;;4*1-2H3. The van der Waals surface area contributed by atoms with Crippen LogP contribution in [0.5, 0.6) is 0 Å². The largest absolute Gasteiger partial charge is 0.313 e. The maximum absolute atomic E-state index is 5.69. The number of halogens is 4. The number of rotatable bonds is 2. The Balaban J connectivity index is -0.000000466. The van der Waals surface area contributed by atoms with Crippen LogP contribution >= 0.6 is 46.4 Å². The molecule has 216 valence electrons. The van der Waals surface area contributed by atoms with Gasteiger partial charge in [0.25, 0.3) is 0 Å². The van der Waals surface area contributed by atoms with Gasteiger partial charge in [-0.2, -0.15) is 19.9 Å². The molecular weight excluding hydrogens is 576 g/mol. The zero-order chi connectivity index (χ0) is 30.6. The highest BCUT2D eigenvalue weighted by molar-refractivity contribution is 6.33. The third-order valence-electron chi connectivity index (χ3n) is 3.47. The molecule has 4 aromatic rings. The van der Waals surface area contributed by atoms with Gasteiger partial charge < -0.3 is 4.90 Å². The van der Waals surface area contributed by atoms with Gasteiger partial charge in [-0.25, -0.2) is 9.97 Å². The second-order valence-electron chi connectivity index (χ2n) is 5.75. The molecule has 0 fully saturated rings. The third-order valence-corrected chi connectivity index (χ3v) is 4.16. The van der Waals surface area contributed by atoms with Crippen LogP contribution in [0, 0.1) is 6.92 Å². The maximum atomic E-state index is 5.69. The van der Waals surface area contributed by atoms with Gasteiger partial charge in [0, 0.05) is 12.7 Å². The van der Waals surface area contributed by atoms with Crippen LogP contribution in [-0.2, 0) is 0 Å². The molecule has 39 heavy (non-hydrogen) atoms. The Bertz CT molecular complexity index is 1020. The van der Waals surface area contributed by atoms with Gasteiger partial charge in [0.15, 0.2) is 0 Å². The minimum atomic E-state index is 0.000000000000000444. The number of anilines is 2. The first-order chi connectivity index (χ1) is 18.8. The summed E-state index contributed by atoms with van der Waals surface area (Å²) in [4.78, 5) is 24.0. The lowest BCUT2D eigenvalue weighted by atomic mass is 10.2. The molecule has 2 aromatic carbocycles. The number of para-hydroxylation sites is 1. The van der Waals surface area contributed by atoms with Crippen molar-refractivity contribution in [1.29, 1.82) is 0 Å². The lowest BCUT2D eigenvalue weighted by Gasteiger charge is -2.16. The fourth-order valence-electron chi connectivity index (χ4n) is 2.03. The molecule has 0 bridgehead atoms. The summed E-state index contributed by atoms with van der Waals surface area (Å²) in [5.41, 5.74) is 2.32. The first-order valence-corrected chi connectivity index (χ1v) is 14.2. The zero-order valence-corrected chi connectivity index (χ0v) is 27.5. The van der Waals surface area contributed by atoms with Crippen molar-refractivity contribution in [3.05, 3.63) is 93.7 Å². The molecule has 11 heteroatoms. The quantitative estimate of drug-likeness (QED) is 0.221. The van der Waals surface area contributed by atoms with Gasteiger partial charge in [-0.05, 0) is 65.5 Å². The van der Waals surface area contributed by atoms with E-state index in [1.54, 1.807) is 0 Å². The minimum Gasteiger partial charge on any atom is -0.313 e. The van der Waals surface area contributed by atoms with E-state index in [2.05, 4.69) is 49.0 Å². The van der Waals surface area contributed by atoms with Crippen LogP contribution in [0.25, 0.3) is 0 Å². The third kappa shape index (κ3) is 21.0. The van der Waals surface area contributed by atoms with Gasteiger partial charge in [0.2, 0.25) is 27.1 Å². The Kier molecular flexibility index (Phi) is 29.8. The van der Waals surface area contributed by atoms with Crippen LogP contribution < -0.4 is 4.90 Å². The van der Waals surface area contributed by atoms with E-state index in [9.17, 15) is 0 Å². The first kappa shape index (κ1) is 40.9. The van der Waals surface area contributed by atoms with E-state index in [-0.39, 0.29) is 21.1 Å². The van der Waals surface area contributed by atoms with Crippen molar-refractivity contribution in [3.8, 4) is 0 Å². The van der Waals surface area contributed by atoms with E-state index in [0.29, 0.717) is 5.95 Å².